The maximum atomic E-state index is 12.5. The van der Waals surface area contributed by atoms with E-state index in [2.05, 4.69) is 34.0 Å². The first kappa shape index (κ1) is 13.1. The molecule has 4 heteroatoms. The highest BCUT2D eigenvalue weighted by atomic mass is 32.1. The van der Waals surface area contributed by atoms with Crippen molar-refractivity contribution in [1.29, 1.82) is 0 Å². The molecule has 3 nitrogen and oxygen atoms in total. The molecule has 1 aromatic rings. The minimum Gasteiger partial charge on any atom is -0.321 e. The summed E-state index contributed by atoms with van der Waals surface area (Å²) in [5, 5.41) is 7.75. The second-order valence-corrected chi connectivity index (χ2v) is 6.51. The van der Waals surface area contributed by atoms with Crippen molar-refractivity contribution >= 4 is 17.2 Å². The lowest BCUT2D eigenvalue weighted by Gasteiger charge is -2.26. The molecule has 1 saturated carbocycles. The number of nitrogens with one attached hydrogen (secondary N) is 1. The summed E-state index contributed by atoms with van der Waals surface area (Å²) < 4.78 is 0. The molecule has 104 valence electrons. The molecule has 2 atom stereocenters. The van der Waals surface area contributed by atoms with Gasteiger partial charge in [-0.1, -0.05) is 19.8 Å². The number of hydrogen-bond donors (Lipinski definition) is 1. The van der Waals surface area contributed by atoms with Gasteiger partial charge < -0.3 is 4.90 Å². The van der Waals surface area contributed by atoms with E-state index in [9.17, 15) is 4.79 Å². The molecular weight excluding hydrogens is 256 g/mol. The largest absolute Gasteiger partial charge is 0.321 e. The number of hydrogen-bond acceptors (Lipinski definition) is 3. The molecule has 19 heavy (non-hydrogen) atoms. The van der Waals surface area contributed by atoms with Gasteiger partial charge >= 0.3 is 0 Å². The van der Waals surface area contributed by atoms with E-state index in [4.69, 9.17) is 0 Å². The Bertz CT molecular complexity index is 425. The maximum Gasteiger partial charge on any atom is 0.241 e. The Hall–Kier alpha value is -0.870. The van der Waals surface area contributed by atoms with Crippen molar-refractivity contribution in [2.75, 3.05) is 6.54 Å². The summed E-state index contributed by atoms with van der Waals surface area (Å²) >= 11 is 1.70. The van der Waals surface area contributed by atoms with E-state index in [1.807, 2.05) is 0 Å². The fourth-order valence-corrected chi connectivity index (χ4v) is 4.02. The third kappa shape index (κ3) is 2.56. The van der Waals surface area contributed by atoms with Crippen molar-refractivity contribution in [3.8, 4) is 0 Å². The summed E-state index contributed by atoms with van der Waals surface area (Å²) in [4.78, 5) is 14.6. The van der Waals surface area contributed by atoms with Crippen LogP contribution in [0.2, 0.25) is 0 Å². The number of nitrogens with zero attached hydrogens (tertiary/aromatic N) is 1. The van der Waals surface area contributed by atoms with E-state index in [-0.39, 0.29) is 12.2 Å². The van der Waals surface area contributed by atoms with Crippen LogP contribution < -0.4 is 5.32 Å². The second kappa shape index (κ2) is 5.63. The van der Waals surface area contributed by atoms with E-state index in [0.717, 1.165) is 13.0 Å². The molecule has 2 aliphatic rings. The number of rotatable bonds is 4. The maximum absolute atomic E-state index is 12.5. The Morgan fingerprint density at radius 3 is 2.84 bits per heavy atom. The minimum atomic E-state index is 0.00584. The molecule has 2 fully saturated rings. The zero-order chi connectivity index (χ0) is 13.2. The molecule has 1 aliphatic carbocycles. The fourth-order valence-electron chi connectivity index (χ4n) is 3.34. The lowest BCUT2D eigenvalue weighted by molar-refractivity contribution is -0.130. The first-order valence-corrected chi connectivity index (χ1v) is 8.32. The zero-order valence-corrected chi connectivity index (χ0v) is 12.3. The topological polar surface area (TPSA) is 32.3 Å². The molecule has 1 N–H and O–H groups in total. The first-order chi connectivity index (χ1) is 9.29. The molecule has 1 aliphatic heterocycles. The summed E-state index contributed by atoms with van der Waals surface area (Å²) in [5.74, 6) is 1.01. The molecule has 0 aromatic carbocycles. The van der Waals surface area contributed by atoms with Crippen LogP contribution >= 0.6 is 11.3 Å². The van der Waals surface area contributed by atoms with E-state index >= 15 is 0 Å². The Balaban J connectivity index is 1.77. The number of thiophene rings is 1. The fraction of sp³-hybridized carbons (Fsp3) is 0.667. The third-order valence-corrected chi connectivity index (χ3v) is 5.15. The van der Waals surface area contributed by atoms with Crippen LogP contribution in [0.15, 0.2) is 16.8 Å². The lowest BCUT2D eigenvalue weighted by Crippen LogP contribution is -2.34. The highest BCUT2D eigenvalue weighted by molar-refractivity contribution is 7.07. The van der Waals surface area contributed by atoms with Crippen molar-refractivity contribution in [3.63, 3.8) is 0 Å². The Morgan fingerprint density at radius 2 is 2.21 bits per heavy atom. The standard InChI is InChI=1S/C15H22N2OS/c1-2-13-15(18)17(9-11-5-3-4-6-11)14(16-13)12-7-8-19-10-12/h7-8,10-11,13-14,16H,2-6,9H2,1H3. The zero-order valence-electron chi connectivity index (χ0n) is 11.5. The van der Waals surface area contributed by atoms with Gasteiger partial charge in [0.05, 0.1) is 6.04 Å². The summed E-state index contributed by atoms with van der Waals surface area (Å²) in [6.45, 7) is 3.02. The van der Waals surface area contributed by atoms with Crippen molar-refractivity contribution in [1.82, 2.24) is 10.2 Å². The monoisotopic (exact) mass is 278 g/mol. The Morgan fingerprint density at radius 1 is 1.42 bits per heavy atom. The van der Waals surface area contributed by atoms with Crippen LogP contribution in [-0.4, -0.2) is 23.4 Å². The Labute approximate surface area is 119 Å². The average Bonchev–Trinajstić information content (AvgIpc) is 3.13. The quantitative estimate of drug-likeness (QED) is 0.917. The molecule has 0 spiro atoms. The van der Waals surface area contributed by atoms with Gasteiger partial charge in [0.25, 0.3) is 0 Å². The van der Waals surface area contributed by atoms with Crippen LogP contribution in [0.4, 0.5) is 0 Å². The van der Waals surface area contributed by atoms with Crippen molar-refractivity contribution < 1.29 is 4.79 Å². The molecule has 1 amide bonds. The average molecular weight is 278 g/mol. The van der Waals surface area contributed by atoms with Gasteiger partial charge in [-0.25, -0.2) is 0 Å². The van der Waals surface area contributed by atoms with Gasteiger partial charge in [-0.3, -0.25) is 10.1 Å². The van der Waals surface area contributed by atoms with E-state index in [1.165, 1.54) is 31.2 Å². The predicted molar refractivity (Wildman–Crippen MR) is 77.9 cm³/mol. The van der Waals surface area contributed by atoms with E-state index in [1.54, 1.807) is 11.3 Å². The molecular formula is C15H22N2OS. The SMILES string of the molecule is CCC1NC(c2ccsc2)N(CC2CCCC2)C1=O. The molecule has 2 heterocycles. The van der Waals surface area contributed by atoms with Gasteiger partial charge in [-0.05, 0) is 47.6 Å². The summed E-state index contributed by atoms with van der Waals surface area (Å²) in [6, 6.07) is 2.14. The van der Waals surface area contributed by atoms with E-state index in [0.29, 0.717) is 11.8 Å². The summed E-state index contributed by atoms with van der Waals surface area (Å²) in [6.07, 6.45) is 6.22. The molecule has 1 saturated heterocycles. The highest BCUT2D eigenvalue weighted by Gasteiger charge is 2.39. The molecule has 3 rings (SSSR count). The van der Waals surface area contributed by atoms with Crippen LogP contribution in [0.1, 0.15) is 50.8 Å². The van der Waals surface area contributed by atoms with Gasteiger partial charge in [0.1, 0.15) is 6.17 Å². The number of carbonyl (C=O) groups excluding carboxylic acids is 1. The van der Waals surface area contributed by atoms with Gasteiger partial charge in [0.15, 0.2) is 0 Å². The molecule has 0 radical (unpaired) electrons. The van der Waals surface area contributed by atoms with Crippen LogP contribution in [0.25, 0.3) is 0 Å². The smallest absolute Gasteiger partial charge is 0.241 e. The van der Waals surface area contributed by atoms with Crippen LogP contribution in [0.3, 0.4) is 0 Å². The van der Waals surface area contributed by atoms with Crippen molar-refractivity contribution in [3.05, 3.63) is 22.4 Å². The highest BCUT2D eigenvalue weighted by Crippen LogP contribution is 2.32. The number of amides is 1. The predicted octanol–water partition coefficient (Wildman–Crippen LogP) is 3.15. The second-order valence-electron chi connectivity index (χ2n) is 5.73. The van der Waals surface area contributed by atoms with Crippen LogP contribution in [0, 0.1) is 5.92 Å². The van der Waals surface area contributed by atoms with Gasteiger partial charge in [-0.2, -0.15) is 11.3 Å². The van der Waals surface area contributed by atoms with Gasteiger partial charge in [-0.15, -0.1) is 0 Å². The molecule has 2 unspecified atom stereocenters. The molecule has 1 aromatic heterocycles. The van der Waals surface area contributed by atoms with Crippen LogP contribution in [0.5, 0.6) is 0 Å². The number of carbonyl (C=O) groups is 1. The van der Waals surface area contributed by atoms with E-state index < -0.39 is 0 Å². The van der Waals surface area contributed by atoms with Gasteiger partial charge in [0.2, 0.25) is 5.91 Å². The summed E-state index contributed by atoms with van der Waals surface area (Å²) in [5.41, 5.74) is 1.24. The van der Waals surface area contributed by atoms with Crippen molar-refractivity contribution in [2.45, 2.75) is 51.2 Å². The van der Waals surface area contributed by atoms with Crippen molar-refractivity contribution in [2.24, 2.45) is 5.92 Å². The Kier molecular flexibility index (Phi) is 3.89. The normalized spacial score (nSPS) is 28.5. The lowest BCUT2D eigenvalue weighted by atomic mass is 10.1. The van der Waals surface area contributed by atoms with Crippen LogP contribution in [-0.2, 0) is 4.79 Å². The molecule has 0 bridgehead atoms. The third-order valence-electron chi connectivity index (χ3n) is 4.45. The minimum absolute atomic E-state index is 0.00584. The first-order valence-electron chi connectivity index (χ1n) is 7.38. The summed E-state index contributed by atoms with van der Waals surface area (Å²) in [7, 11) is 0. The van der Waals surface area contributed by atoms with Gasteiger partial charge in [0, 0.05) is 6.54 Å².